The maximum atomic E-state index is 10.3. The van der Waals surface area contributed by atoms with Crippen LogP contribution in [0, 0.1) is 10.1 Å². The third-order valence-electron chi connectivity index (χ3n) is 1.78. The van der Waals surface area contributed by atoms with E-state index in [0.717, 1.165) is 0 Å². The summed E-state index contributed by atoms with van der Waals surface area (Å²) in [6.45, 7) is -0.442. The van der Waals surface area contributed by atoms with E-state index in [9.17, 15) is 10.1 Å². The molecule has 0 unspecified atom stereocenters. The van der Waals surface area contributed by atoms with E-state index < -0.39 is 11.5 Å². The Bertz CT molecular complexity index is 388. The predicted octanol–water partition coefficient (Wildman–Crippen LogP) is 0.465. The topological polar surface area (TPSA) is 103 Å². The quantitative estimate of drug-likeness (QED) is 0.254. The van der Waals surface area contributed by atoms with Crippen molar-refractivity contribution in [2.45, 2.75) is 0 Å². The minimum absolute atomic E-state index is 0.0927. The van der Waals surface area contributed by atoms with Crippen LogP contribution >= 0.6 is 0 Å². The van der Waals surface area contributed by atoms with Crippen molar-refractivity contribution in [1.29, 1.82) is 0 Å². The molecule has 7 nitrogen and oxygen atoms in total. The highest BCUT2D eigenvalue weighted by molar-refractivity contribution is 5.85. The lowest BCUT2D eigenvalue weighted by molar-refractivity contribution is -0.463. The average molecular weight is 224 g/mol. The maximum Gasteiger partial charge on any atom is 0.261 e. The molecule has 0 fully saturated rings. The van der Waals surface area contributed by atoms with Gasteiger partial charge in [0.2, 0.25) is 0 Å². The van der Waals surface area contributed by atoms with Gasteiger partial charge in [-0.15, -0.1) is 0 Å². The molecule has 86 valence electrons. The van der Waals surface area contributed by atoms with Crippen LogP contribution in [0.2, 0.25) is 0 Å². The SMILES string of the molecule is COc1ccc(N=C(C[N+](=O)[O-])NN)cc1. The molecule has 1 aromatic carbocycles. The maximum absolute atomic E-state index is 10.3. The minimum atomic E-state index is -0.512. The molecular weight excluding hydrogens is 212 g/mol. The van der Waals surface area contributed by atoms with Crippen LogP contribution in [0.3, 0.4) is 0 Å². The Hall–Kier alpha value is -2.15. The van der Waals surface area contributed by atoms with Gasteiger partial charge in [-0.1, -0.05) is 0 Å². The monoisotopic (exact) mass is 224 g/mol. The van der Waals surface area contributed by atoms with Crippen LogP contribution in [0.1, 0.15) is 0 Å². The molecule has 0 spiro atoms. The molecule has 1 rings (SSSR count). The van der Waals surface area contributed by atoms with Gasteiger partial charge in [0.1, 0.15) is 5.75 Å². The van der Waals surface area contributed by atoms with Crippen LogP contribution in [0.15, 0.2) is 29.3 Å². The molecule has 16 heavy (non-hydrogen) atoms. The van der Waals surface area contributed by atoms with Gasteiger partial charge in [0.05, 0.1) is 12.8 Å². The van der Waals surface area contributed by atoms with E-state index in [2.05, 4.69) is 10.4 Å². The highest BCUT2D eigenvalue weighted by Gasteiger charge is 2.05. The van der Waals surface area contributed by atoms with E-state index >= 15 is 0 Å². The smallest absolute Gasteiger partial charge is 0.261 e. The number of methoxy groups -OCH3 is 1. The number of ether oxygens (including phenoxy) is 1. The minimum Gasteiger partial charge on any atom is -0.497 e. The third kappa shape index (κ3) is 3.54. The Kier molecular flexibility index (Phi) is 4.22. The second-order valence-electron chi connectivity index (χ2n) is 2.89. The lowest BCUT2D eigenvalue weighted by Gasteiger charge is -2.02. The number of nitrogens with two attached hydrogens (primary N) is 1. The Balaban J connectivity index is 2.82. The van der Waals surface area contributed by atoms with Gasteiger partial charge in [-0.3, -0.25) is 10.1 Å². The average Bonchev–Trinajstić information content (AvgIpc) is 2.28. The van der Waals surface area contributed by atoms with Crippen LogP contribution < -0.4 is 16.0 Å². The molecule has 0 aliphatic rings. The van der Waals surface area contributed by atoms with Crippen LogP contribution in [0.25, 0.3) is 0 Å². The van der Waals surface area contributed by atoms with Gasteiger partial charge in [-0.05, 0) is 24.3 Å². The first kappa shape index (κ1) is 11.9. The zero-order valence-corrected chi connectivity index (χ0v) is 8.71. The number of amidine groups is 1. The van der Waals surface area contributed by atoms with Gasteiger partial charge < -0.3 is 10.2 Å². The summed E-state index contributed by atoms with van der Waals surface area (Å²) in [6.07, 6.45) is 0. The number of hydrazine groups is 1. The largest absolute Gasteiger partial charge is 0.497 e. The first-order valence-electron chi connectivity index (χ1n) is 4.45. The summed E-state index contributed by atoms with van der Waals surface area (Å²) in [5.74, 6) is 5.90. The summed E-state index contributed by atoms with van der Waals surface area (Å²) >= 11 is 0. The fourth-order valence-corrected chi connectivity index (χ4v) is 1.05. The van der Waals surface area contributed by atoms with Crippen molar-refractivity contribution >= 4 is 11.5 Å². The van der Waals surface area contributed by atoms with Crippen molar-refractivity contribution in [2.75, 3.05) is 13.7 Å². The third-order valence-corrected chi connectivity index (χ3v) is 1.78. The lowest BCUT2D eigenvalue weighted by atomic mass is 10.3. The van der Waals surface area contributed by atoms with Gasteiger partial charge in [-0.25, -0.2) is 10.8 Å². The lowest BCUT2D eigenvalue weighted by Crippen LogP contribution is -2.35. The van der Waals surface area contributed by atoms with Crippen molar-refractivity contribution in [1.82, 2.24) is 5.43 Å². The summed E-state index contributed by atoms with van der Waals surface area (Å²) in [5.41, 5.74) is 2.75. The van der Waals surface area contributed by atoms with Gasteiger partial charge in [0, 0.05) is 4.92 Å². The van der Waals surface area contributed by atoms with E-state index in [4.69, 9.17) is 10.6 Å². The molecule has 7 heteroatoms. The van der Waals surface area contributed by atoms with Crippen LogP contribution in [-0.2, 0) is 0 Å². The summed E-state index contributed by atoms with van der Waals surface area (Å²) in [7, 11) is 1.55. The first-order valence-corrected chi connectivity index (χ1v) is 4.45. The molecular formula is C9H12N4O3. The van der Waals surface area contributed by atoms with Crippen LogP contribution in [-0.4, -0.2) is 24.4 Å². The number of rotatable bonds is 4. The van der Waals surface area contributed by atoms with Crippen molar-refractivity contribution in [3.63, 3.8) is 0 Å². The highest BCUT2D eigenvalue weighted by atomic mass is 16.6. The number of aliphatic imine (C=N–C) groups is 1. The second-order valence-corrected chi connectivity index (χ2v) is 2.89. The van der Waals surface area contributed by atoms with E-state index in [0.29, 0.717) is 11.4 Å². The Morgan fingerprint density at radius 3 is 2.62 bits per heavy atom. The first-order chi connectivity index (χ1) is 7.65. The van der Waals surface area contributed by atoms with Crippen molar-refractivity contribution in [2.24, 2.45) is 10.8 Å². The number of nitrogens with zero attached hydrogens (tertiary/aromatic N) is 2. The van der Waals surface area contributed by atoms with Gasteiger partial charge in [0.15, 0.2) is 5.84 Å². The summed E-state index contributed by atoms with van der Waals surface area (Å²) in [5, 5.41) is 10.3. The van der Waals surface area contributed by atoms with Crippen LogP contribution in [0.5, 0.6) is 5.75 Å². The zero-order valence-electron chi connectivity index (χ0n) is 8.71. The number of nitrogens with one attached hydrogen (secondary N) is 1. The standard InChI is InChI=1S/C9H12N4O3/c1-16-8-4-2-7(3-5-8)11-9(12-10)6-13(14)15/h2-5H,6,10H2,1H3,(H,11,12). The molecule has 0 saturated heterocycles. The highest BCUT2D eigenvalue weighted by Crippen LogP contribution is 2.17. The van der Waals surface area contributed by atoms with E-state index in [1.807, 2.05) is 0 Å². The van der Waals surface area contributed by atoms with Crippen molar-refractivity contribution in [3.8, 4) is 5.75 Å². The van der Waals surface area contributed by atoms with Gasteiger partial charge in [0.25, 0.3) is 6.54 Å². The molecule has 0 bridgehead atoms. The fraction of sp³-hybridized carbons (Fsp3) is 0.222. The number of hydrogen-bond acceptors (Lipinski definition) is 5. The second kappa shape index (κ2) is 5.66. The number of benzene rings is 1. The summed E-state index contributed by atoms with van der Waals surface area (Å²) in [6, 6.07) is 6.77. The molecule has 0 heterocycles. The molecule has 0 saturated carbocycles. The van der Waals surface area contributed by atoms with E-state index in [1.54, 1.807) is 31.4 Å². The van der Waals surface area contributed by atoms with Gasteiger partial charge >= 0.3 is 0 Å². The van der Waals surface area contributed by atoms with Crippen molar-refractivity contribution in [3.05, 3.63) is 34.4 Å². The molecule has 0 aliphatic carbocycles. The normalized spacial score (nSPS) is 11.0. The number of nitro groups is 1. The number of hydrogen-bond donors (Lipinski definition) is 2. The molecule has 1 aromatic rings. The van der Waals surface area contributed by atoms with Crippen LogP contribution in [0.4, 0.5) is 5.69 Å². The molecule has 3 N–H and O–H groups in total. The Morgan fingerprint density at radius 1 is 1.56 bits per heavy atom. The van der Waals surface area contributed by atoms with E-state index in [1.165, 1.54) is 0 Å². The Labute approximate surface area is 92.0 Å². The van der Waals surface area contributed by atoms with Crippen molar-refractivity contribution < 1.29 is 9.66 Å². The summed E-state index contributed by atoms with van der Waals surface area (Å²) < 4.78 is 4.97. The van der Waals surface area contributed by atoms with E-state index in [-0.39, 0.29) is 5.84 Å². The molecule has 0 aromatic heterocycles. The fourth-order valence-electron chi connectivity index (χ4n) is 1.05. The predicted molar refractivity (Wildman–Crippen MR) is 59.3 cm³/mol. The molecule has 0 atom stereocenters. The zero-order chi connectivity index (χ0) is 12.0. The molecule has 0 radical (unpaired) electrons. The van der Waals surface area contributed by atoms with Gasteiger partial charge in [-0.2, -0.15) is 0 Å². The summed E-state index contributed by atoms with van der Waals surface area (Å²) in [4.78, 5) is 13.7. The Morgan fingerprint density at radius 2 is 2.19 bits per heavy atom. The molecule has 0 amide bonds. The molecule has 0 aliphatic heterocycles.